The molecule has 4 unspecified atom stereocenters. The first-order valence-corrected chi connectivity index (χ1v) is 8.46. The Hall–Kier alpha value is -1.88. The highest BCUT2D eigenvalue weighted by molar-refractivity contribution is 5.99. The molecule has 1 aromatic rings. The molecule has 0 aromatic carbocycles. The van der Waals surface area contributed by atoms with Crippen molar-refractivity contribution < 1.29 is 23.8 Å². The molecule has 0 saturated heterocycles. The summed E-state index contributed by atoms with van der Waals surface area (Å²) in [6, 6.07) is 0. The minimum Gasteiger partial charge on any atom is -0.461 e. The van der Waals surface area contributed by atoms with E-state index in [4.69, 9.17) is 9.15 Å². The van der Waals surface area contributed by atoms with Crippen molar-refractivity contribution in [2.45, 2.75) is 59.2 Å². The highest BCUT2D eigenvalue weighted by Crippen LogP contribution is 2.57. The molecule has 2 aliphatic carbocycles. The quantitative estimate of drug-likeness (QED) is 0.662. The zero-order valence-corrected chi connectivity index (χ0v) is 14.6. The van der Waals surface area contributed by atoms with Gasteiger partial charge in [0.05, 0.1) is 12.4 Å². The van der Waals surface area contributed by atoms with Gasteiger partial charge in [-0.05, 0) is 39.2 Å². The zero-order chi connectivity index (χ0) is 17.6. The maximum absolute atomic E-state index is 12.9. The van der Waals surface area contributed by atoms with Gasteiger partial charge >= 0.3 is 5.97 Å². The number of fused-ring (bicyclic) bond motifs is 2. The lowest BCUT2D eigenvalue weighted by molar-refractivity contribution is -0.169. The van der Waals surface area contributed by atoms with Crippen LogP contribution in [-0.4, -0.2) is 23.0 Å². The summed E-state index contributed by atoms with van der Waals surface area (Å²) in [6.45, 7) is 7.15. The Kier molecular flexibility index (Phi) is 4.16. The second kappa shape index (κ2) is 5.88. The van der Waals surface area contributed by atoms with Crippen LogP contribution in [0.1, 0.15) is 67.8 Å². The molecule has 0 aliphatic heterocycles. The molecule has 1 aromatic heterocycles. The number of aryl methyl sites for hydroxylation is 1. The summed E-state index contributed by atoms with van der Waals surface area (Å²) in [5.41, 5.74) is 1.05. The minimum absolute atomic E-state index is 0.0885. The smallest absolute Gasteiger partial charge is 0.334 e. The Bertz CT molecular complexity index is 713. The van der Waals surface area contributed by atoms with Crippen LogP contribution >= 0.6 is 0 Å². The third-order valence-electron chi connectivity index (χ3n) is 5.81. The molecule has 0 bridgehead atoms. The first-order chi connectivity index (χ1) is 11.3. The zero-order valence-electron chi connectivity index (χ0n) is 14.6. The molecule has 3 rings (SSSR count). The lowest BCUT2D eigenvalue weighted by Crippen LogP contribution is -2.53. The lowest BCUT2D eigenvalue weighted by Gasteiger charge is -2.50. The first kappa shape index (κ1) is 17.0. The van der Waals surface area contributed by atoms with Gasteiger partial charge in [-0.2, -0.15) is 0 Å². The average Bonchev–Trinajstić information content (AvgIpc) is 2.94. The number of Topliss-reactive ketones (excluding diaryl/α,β-unsaturated/α-hetero) is 1. The molecule has 2 aliphatic rings. The molecule has 0 radical (unpaired) electrons. The lowest BCUT2D eigenvalue weighted by atomic mass is 9.56. The van der Waals surface area contributed by atoms with E-state index in [2.05, 4.69) is 0 Å². The number of esters is 1. The van der Waals surface area contributed by atoms with E-state index in [-0.39, 0.29) is 11.5 Å². The number of aliphatic hydroxyl groups excluding tert-OH is 1. The maximum atomic E-state index is 12.9. The van der Waals surface area contributed by atoms with Gasteiger partial charge in [-0.25, -0.2) is 4.79 Å². The van der Waals surface area contributed by atoms with Crippen molar-refractivity contribution in [3.8, 4) is 0 Å². The number of ether oxygens (including phenoxy) is 1. The van der Waals surface area contributed by atoms with Gasteiger partial charge in [0.25, 0.3) is 0 Å². The van der Waals surface area contributed by atoms with Crippen molar-refractivity contribution in [2.75, 3.05) is 0 Å². The molecule has 0 spiro atoms. The van der Waals surface area contributed by atoms with Gasteiger partial charge in [0.15, 0.2) is 5.76 Å². The number of allylic oxidation sites excluding steroid dienone is 1. The van der Waals surface area contributed by atoms with E-state index in [0.29, 0.717) is 24.0 Å². The number of rotatable bonds is 2. The fourth-order valence-electron chi connectivity index (χ4n) is 4.08. The first-order valence-electron chi connectivity index (χ1n) is 8.46. The van der Waals surface area contributed by atoms with Gasteiger partial charge in [-0.3, -0.25) is 4.79 Å². The molecular formula is C19H24O5. The number of carbonyl (C=O) groups excluding carboxylic acids is 2. The standard InChI is InChI=1S/C19H24O5/c1-5-10(2)18(22)24-17-14-11(3)9-23-16(14)15(21)12-7-6-8-13(20)19(12,17)4/h5,9,12-13,17,20H,6-8H2,1-4H3. The summed E-state index contributed by atoms with van der Waals surface area (Å²) >= 11 is 0. The van der Waals surface area contributed by atoms with Crippen LogP contribution in [0.5, 0.6) is 0 Å². The third kappa shape index (κ3) is 2.25. The predicted molar refractivity (Wildman–Crippen MR) is 87.5 cm³/mol. The molecular weight excluding hydrogens is 308 g/mol. The number of furan rings is 1. The van der Waals surface area contributed by atoms with Crippen molar-refractivity contribution in [3.05, 3.63) is 34.8 Å². The van der Waals surface area contributed by atoms with Crippen molar-refractivity contribution in [3.63, 3.8) is 0 Å². The van der Waals surface area contributed by atoms with Crippen LogP contribution in [0.4, 0.5) is 0 Å². The Labute approximate surface area is 141 Å². The van der Waals surface area contributed by atoms with Crippen LogP contribution in [0.25, 0.3) is 0 Å². The molecule has 0 amide bonds. The maximum Gasteiger partial charge on any atom is 0.334 e. The van der Waals surface area contributed by atoms with Crippen molar-refractivity contribution in [1.82, 2.24) is 0 Å². The van der Waals surface area contributed by atoms with Gasteiger partial charge in [0.2, 0.25) is 5.78 Å². The molecule has 1 fully saturated rings. The molecule has 24 heavy (non-hydrogen) atoms. The van der Waals surface area contributed by atoms with E-state index in [1.54, 1.807) is 19.9 Å². The number of aliphatic hydroxyl groups is 1. The second-order valence-corrected chi connectivity index (χ2v) is 7.15. The predicted octanol–water partition coefficient (Wildman–Crippen LogP) is 3.50. The number of hydrogen-bond donors (Lipinski definition) is 1. The van der Waals surface area contributed by atoms with E-state index in [1.165, 1.54) is 6.26 Å². The van der Waals surface area contributed by atoms with E-state index in [0.717, 1.165) is 12.0 Å². The largest absolute Gasteiger partial charge is 0.461 e. The Morgan fingerprint density at radius 1 is 1.46 bits per heavy atom. The van der Waals surface area contributed by atoms with Crippen molar-refractivity contribution in [2.24, 2.45) is 11.3 Å². The van der Waals surface area contributed by atoms with Crippen LogP contribution in [0.15, 0.2) is 22.3 Å². The highest BCUT2D eigenvalue weighted by Gasteiger charge is 2.59. The molecule has 130 valence electrons. The van der Waals surface area contributed by atoms with E-state index >= 15 is 0 Å². The molecule has 5 heteroatoms. The normalized spacial score (nSPS) is 33.0. The SMILES string of the molecule is CC=C(C)C(=O)OC1c2c(C)coc2C(=O)C2CCCC(O)C21C. The Balaban J connectivity index is 2.14. The van der Waals surface area contributed by atoms with Crippen LogP contribution in [-0.2, 0) is 9.53 Å². The Morgan fingerprint density at radius 3 is 2.83 bits per heavy atom. The fourth-order valence-corrected chi connectivity index (χ4v) is 4.08. The minimum atomic E-state index is -0.833. The summed E-state index contributed by atoms with van der Waals surface area (Å²) in [5.74, 6) is -0.640. The van der Waals surface area contributed by atoms with Crippen LogP contribution in [0, 0.1) is 18.3 Å². The van der Waals surface area contributed by atoms with Gasteiger partial charge in [-0.15, -0.1) is 0 Å². The molecule has 4 atom stereocenters. The van der Waals surface area contributed by atoms with Crippen LogP contribution in [0.2, 0.25) is 0 Å². The van der Waals surface area contributed by atoms with Gasteiger partial charge in [0.1, 0.15) is 6.10 Å². The van der Waals surface area contributed by atoms with E-state index in [9.17, 15) is 14.7 Å². The molecule has 1 N–H and O–H groups in total. The highest BCUT2D eigenvalue weighted by atomic mass is 16.5. The summed E-state index contributed by atoms with van der Waals surface area (Å²) in [5, 5.41) is 10.7. The van der Waals surface area contributed by atoms with Gasteiger partial charge in [0, 0.05) is 22.5 Å². The van der Waals surface area contributed by atoms with Crippen molar-refractivity contribution in [1.29, 1.82) is 0 Å². The molecule has 1 heterocycles. The third-order valence-corrected chi connectivity index (χ3v) is 5.81. The van der Waals surface area contributed by atoms with Gasteiger partial charge < -0.3 is 14.3 Å². The molecule has 5 nitrogen and oxygen atoms in total. The summed E-state index contributed by atoms with van der Waals surface area (Å²) < 4.78 is 11.3. The van der Waals surface area contributed by atoms with E-state index < -0.39 is 29.5 Å². The number of hydrogen-bond acceptors (Lipinski definition) is 5. The summed E-state index contributed by atoms with van der Waals surface area (Å²) in [4.78, 5) is 25.3. The Morgan fingerprint density at radius 2 is 2.17 bits per heavy atom. The van der Waals surface area contributed by atoms with E-state index in [1.807, 2.05) is 13.8 Å². The fraction of sp³-hybridized carbons (Fsp3) is 0.579. The van der Waals surface area contributed by atoms with Crippen molar-refractivity contribution >= 4 is 11.8 Å². The summed E-state index contributed by atoms with van der Waals surface area (Å²) in [7, 11) is 0. The van der Waals surface area contributed by atoms with Crippen LogP contribution < -0.4 is 0 Å². The molecule has 1 saturated carbocycles. The second-order valence-electron chi connectivity index (χ2n) is 7.15. The summed E-state index contributed by atoms with van der Waals surface area (Å²) in [6.07, 6.45) is 3.87. The monoisotopic (exact) mass is 332 g/mol. The number of ketones is 1. The van der Waals surface area contributed by atoms with Crippen LogP contribution in [0.3, 0.4) is 0 Å². The average molecular weight is 332 g/mol. The topological polar surface area (TPSA) is 76.7 Å². The van der Waals surface area contributed by atoms with Gasteiger partial charge in [-0.1, -0.05) is 19.4 Å². The number of carbonyl (C=O) groups is 2.